The van der Waals surface area contributed by atoms with Gasteiger partial charge in [-0.2, -0.15) is 0 Å². The largest absolute Gasteiger partial charge is 0.357 e. The van der Waals surface area contributed by atoms with E-state index < -0.39 is 0 Å². The van der Waals surface area contributed by atoms with Gasteiger partial charge in [-0.3, -0.25) is 0 Å². The number of aromatic nitrogens is 3. The van der Waals surface area contributed by atoms with E-state index in [0.717, 1.165) is 35.6 Å². The number of hydrogen-bond donors (Lipinski definition) is 2. The van der Waals surface area contributed by atoms with E-state index >= 15 is 0 Å². The van der Waals surface area contributed by atoms with E-state index in [2.05, 4.69) is 57.9 Å². The summed E-state index contributed by atoms with van der Waals surface area (Å²) in [5, 5.41) is 7.71. The Balaban J connectivity index is 0.00000312. The molecular weight excluding hydrogens is 447 g/mol. The van der Waals surface area contributed by atoms with Gasteiger partial charge < -0.3 is 15.2 Å². The molecule has 8 heteroatoms. The number of aliphatic imine (C=N–C) groups is 1. The molecule has 2 aromatic rings. The second-order valence-corrected chi connectivity index (χ2v) is 7.48. The number of thiazole rings is 1. The second-order valence-electron chi connectivity index (χ2n) is 6.19. The number of rotatable bonds is 7. The first-order chi connectivity index (χ1) is 11.5. The molecule has 0 aliphatic carbocycles. The van der Waals surface area contributed by atoms with Crippen LogP contribution in [0.3, 0.4) is 0 Å². The first-order valence-electron chi connectivity index (χ1n) is 8.44. The lowest BCUT2D eigenvalue weighted by Crippen LogP contribution is -2.36. The molecule has 2 rings (SSSR count). The maximum atomic E-state index is 4.66. The Morgan fingerprint density at radius 1 is 1.32 bits per heavy atom. The van der Waals surface area contributed by atoms with Gasteiger partial charge in [-0.05, 0) is 26.7 Å². The van der Waals surface area contributed by atoms with Crippen molar-refractivity contribution in [2.75, 3.05) is 6.54 Å². The topological polar surface area (TPSA) is 67.1 Å². The molecule has 0 radical (unpaired) electrons. The SMILES string of the molecule is CCNC(=NCc1nccn1CC(C)C)NCc1nc(C)c(C)s1.I. The fourth-order valence-electron chi connectivity index (χ4n) is 2.32. The van der Waals surface area contributed by atoms with Crippen LogP contribution in [0.15, 0.2) is 17.4 Å². The highest BCUT2D eigenvalue weighted by Crippen LogP contribution is 2.15. The van der Waals surface area contributed by atoms with Gasteiger partial charge in [0.1, 0.15) is 17.4 Å². The van der Waals surface area contributed by atoms with Crippen LogP contribution in [0.2, 0.25) is 0 Å². The maximum Gasteiger partial charge on any atom is 0.192 e. The number of nitrogens with zero attached hydrogens (tertiary/aromatic N) is 4. The van der Waals surface area contributed by atoms with Crippen molar-refractivity contribution in [3.8, 4) is 0 Å². The van der Waals surface area contributed by atoms with Crippen molar-refractivity contribution in [1.82, 2.24) is 25.2 Å². The lowest BCUT2D eigenvalue weighted by molar-refractivity contribution is 0.507. The fraction of sp³-hybridized carbons (Fsp3) is 0.588. The first-order valence-corrected chi connectivity index (χ1v) is 9.26. The lowest BCUT2D eigenvalue weighted by atomic mass is 10.2. The van der Waals surface area contributed by atoms with Crippen LogP contribution in [0.25, 0.3) is 0 Å². The average Bonchev–Trinajstić information content (AvgIpc) is 3.08. The molecule has 2 heterocycles. The van der Waals surface area contributed by atoms with Crippen molar-refractivity contribution in [2.24, 2.45) is 10.9 Å². The highest BCUT2D eigenvalue weighted by molar-refractivity contribution is 14.0. The van der Waals surface area contributed by atoms with Gasteiger partial charge in [0, 0.05) is 30.4 Å². The number of aryl methyl sites for hydroxylation is 2. The summed E-state index contributed by atoms with van der Waals surface area (Å²) in [5.74, 6) is 2.37. The number of guanidine groups is 1. The molecule has 0 fully saturated rings. The summed E-state index contributed by atoms with van der Waals surface area (Å²) in [4.78, 5) is 14.9. The van der Waals surface area contributed by atoms with Crippen LogP contribution in [-0.2, 0) is 19.6 Å². The summed E-state index contributed by atoms with van der Waals surface area (Å²) in [5.41, 5.74) is 1.11. The van der Waals surface area contributed by atoms with Gasteiger partial charge in [0.05, 0.1) is 12.2 Å². The summed E-state index contributed by atoms with van der Waals surface area (Å²) in [6.45, 7) is 13.7. The maximum absolute atomic E-state index is 4.66. The smallest absolute Gasteiger partial charge is 0.192 e. The van der Waals surface area contributed by atoms with Crippen molar-refractivity contribution in [3.05, 3.63) is 33.8 Å². The van der Waals surface area contributed by atoms with Crippen molar-refractivity contribution >= 4 is 41.3 Å². The van der Waals surface area contributed by atoms with E-state index in [9.17, 15) is 0 Å². The van der Waals surface area contributed by atoms with Crippen molar-refractivity contribution in [3.63, 3.8) is 0 Å². The minimum absolute atomic E-state index is 0. The number of nitrogens with one attached hydrogen (secondary N) is 2. The summed E-state index contributed by atoms with van der Waals surface area (Å²) >= 11 is 1.73. The molecule has 0 aliphatic heterocycles. The van der Waals surface area contributed by atoms with Crippen LogP contribution in [0.1, 0.15) is 42.2 Å². The van der Waals surface area contributed by atoms with Crippen LogP contribution in [-0.4, -0.2) is 27.0 Å². The molecule has 0 amide bonds. The molecule has 25 heavy (non-hydrogen) atoms. The van der Waals surface area contributed by atoms with E-state index in [1.54, 1.807) is 11.3 Å². The van der Waals surface area contributed by atoms with Gasteiger partial charge in [0.2, 0.25) is 0 Å². The second kappa shape index (κ2) is 10.7. The quantitative estimate of drug-likeness (QED) is 0.365. The van der Waals surface area contributed by atoms with Crippen LogP contribution >= 0.6 is 35.3 Å². The zero-order valence-electron chi connectivity index (χ0n) is 15.7. The van der Waals surface area contributed by atoms with Gasteiger partial charge >= 0.3 is 0 Å². The Labute approximate surface area is 171 Å². The van der Waals surface area contributed by atoms with Gasteiger partial charge in [0.15, 0.2) is 5.96 Å². The van der Waals surface area contributed by atoms with Crippen LogP contribution in [0.4, 0.5) is 0 Å². The molecule has 0 saturated carbocycles. The summed E-state index contributed by atoms with van der Waals surface area (Å²) in [6, 6.07) is 0. The van der Waals surface area contributed by atoms with Gasteiger partial charge in [-0.25, -0.2) is 15.0 Å². The highest BCUT2D eigenvalue weighted by Gasteiger charge is 2.07. The van der Waals surface area contributed by atoms with E-state index in [1.165, 1.54) is 4.88 Å². The van der Waals surface area contributed by atoms with Crippen molar-refractivity contribution in [2.45, 2.75) is 54.3 Å². The zero-order valence-corrected chi connectivity index (χ0v) is 18.8. The number of hydrogen-bond acceptors (Lipinski definition) is 4. The third-order valence-electron chi connectivity index (χ3n) is 3.57. The van der Waals surface area contributed by atoms with E-state index in [1.807, 2.05) is 19.3 Å². The molecular formula is C17H29IN6S. The average molecular weight is 476 g/mol. The monoisotopic (exact) mass is 476 g/mol. The Kier molecular flexibility index (Phi) is 9.41. The van der Waals surface area contributed by atoms with Crippen LogP contribution < -0.4 is 10.6 Å². The highest BCUT2D eigenvalue weighted by atomic mass is 127. The molecule has 0 saturated heterocycles. The standard InChI is InChI=1S/C17H28N6S.HI/c1-6-18-17(21-10-16-22-13(4)14(5)24-16)20-9-15-19-7-8-23(15)11-12(2)3;/h7-8,12H,6,9-11H2,1-5H3,(H2,18,20,21);1H. The summed E-state index contributed by atoms with van der Waals surface area (Å²) in [6.07, 6.45) is 3.86. The van der Waals surface area contributed by atoms with E-state index in [0.29, 0.717) is 19.0 Å². The third-order valence-corrected chi connectivity index (χ3v) is 4.64. The van der Waals surface area contributed by atoms with Gasteiger partial charge in [-0.1, -0.05) is 13.8 Å². The molecule has 2 aromatic heterocycles. The minimum atomic E-state index is 0. The summed E-state index contributed by atoms with van der Waals surface area (Å²) in [7, 11) is 0. The molecule has 0 unspecified atom stereocenters. The summed E-state index contributed by atoms with van der Waals surface area (Å²) < 4.78 is 2.17. The Morgan fingerprint density at radius 2 is 2.08 bits per heavy atom. The molecule has 0 spiro atoms. The molecule has 6 nitrogen and oxygen atoms in total. The third kappa shape index (κ3) is 6.93. The molecule has 0 aromatic carbocycles. The molecule has 0 atom stereocenters. The lowest BCUT2D eigenvalue weighted by Gasteiger charge is -2.11. The first kappa shape index (κ1) is 21.9. The Morgan fingerprint density at radius 3 is 2.68 bits per heavy atom. The van der Waals surface area contributed by atoms with Crippen molar-refractivity contribution < 1.29 is 0 Å². The predicted molar refractivity (Wildman–Crippen MR) is 116 cm³/mol. The van der Waals surface area contributed by atoms with E-state index in [4.69, 9.17) is 0 Å². The normalized spacial score (nSPS) is 11.5. The van der Waals surface area contributed by atoms with Gasteiger partial charge in [-0.15, -0.1) is 35.3 Å². The Hall–Kier alpha value is -1.16. The predicted octanol–water partition coefficient (Wildman–Crippen LogP) is 3.49. The van der Waals surface area contributed by atoms with Crippen LogP contribution in [0, 0.1) is 19.8 Å². The van der Waals surface area contributed by atoms with Gasteiger partial charge in [0.25, 0.3) is 0 Å². The number of halogens is 1. The zero-order chi connectivity index (χ0) is 17.5. The number of imidazole rings is 1. The Bertz CT molecular complexity index is 657. The van der Waals surface area contributed by atoms with Crippen molar-refractivity contribution in [1.29, 1.82) is 0 Å². The molecule has 2 N–H and O–H groups in total. The molecule has 0 bridgehead atoms. The fourth-order valence-corrected chi connectivity index (χ4v) is 3.19. The minimum Gasteiger partial charge on any atom is -0.357 e. The molecule has 0 aliphatic rings. The van der Waals surface area contributed by atoms with E-state index in [-0.39, 0.29) is 24.0 Å². The van der Waals surface area contributed by atoms with Crippen LogP contribution in [0.5, 0.6) is 0 Å². The molecule has 140 valence electrons.